The molecule has 0 aliphatic heterocycles. The average molecular weight is 323 g/mol. The highest BCUT2D eigenvalue weighted by Gasteiger charge is 2.11. The van der Waals surface area contributed by atoms with Gasteiger partial charge in [0.15, 0.2) is 0 Å². The Hall–Kier alpha value is -1.70. The molecule has 110 valence electrons. The van der Waals surface area contributed by atoms with Crippen LogP contribution in [-0.2, 0) is 13.0 Å². The van der Waals surface area contributed by atoms with Gasteiger partial charge in [-0.15, -0.1) is 11.3 Å². The Kier molecular flexibility index (Phi) is 4.05. The lowest BCUT2D eigenvalue weighted by atomic mass is 10.2. The molecule has 0 fully saturated rings. The van der Waals surface area contributed by atoms with Crippen LogP contribution < -0.4 is 11.1 Å². The molecule has 3 rings (SSSR count). The average Bonchev–Trinajstić information content (AvgIpc) is 3.03. The molecule has 0 aromatic carbocycles. The van der Waals surface area contributed by atoms with E-state index in [4.69, 9.17) is 17.3 Å². The van der Waals surface area contributed by atoms with Crippen LogP contribution in [0.5, 0.6) is 0 Å². The van der Waals surface area contributed by atoms with Crippen LogP contribution in [0.3, 0.4) is 0 Å². The lowest BCUT2D eigenvalue weighted by Crippen LogP contribution is -2.17. The third kappa shape index (κ3) is 3.31. The number of hydrogen-bond donors (Lipinski definition) is 3. The summed E-state index contributed by atoms with van der Waals surface area (Å²) < 4.78 is 0. The van der Waals surface area contributed by atoms with E-state index in [0.717, 1.165) is 23.2 Å². The molecular weight excluding hydrogens is 308 g/mol. The second-order valence-electron chi connectivity index (χ2n) is 4.91. The molecule has 0 aliphatic carbocycles. The molecule has 0 amide bonds. The molecule has 3 aromatic rings. The van der Waals surface area contributed by atoms with Crippen molar-refractivity contribution in [3.8, 4) is 0 Å². The summed E-state index contributed by atoms with van der Waals surface area (Å²) in [6.07, 6.45) is 0.750. The van der Waals surface area contributed by atoms with Crippen molar-refractivity contribution >= 4 is 39.8 Å². The van der Waals surface area contributed by atoms with Crippen molar-refractivity contribution < 1.29 is 0 Å². The SMILES string of the molecule is CC(N)Cc1cc2c(NCc3cscn3)nc(Cl)nc2[nH]1. The standard InChI is InChI=1S/C13H15ClN6S/c1-7(15)2-8-3-10-11(16-4-9-5-21-6-17-9)19-13(14)20-12(10)18-8/h3,5-7H,2,4,15H2,1H3,(H2,16,18,19,20). The molecule has 3 heterocycles. The third-order valence-corrected chi connectivity index (χ3v) is 3.78. The van der Waals surface area contributed by atoms with Gasteiger partial charge in [0.25, 0.3) is 0 Å². The fraction of sp³-hybridized carbons (Fsp3) is 0.308. The number of hydrogen-bond acceptors (Lipinski definition) is 6. The fourth-order valence-corrected chi connectivity index (χ4v) is 2.85. The molecule has 0 bridgehead atoms. The molecular formula is C13H15ClN6S. The van der Waals surface area contributed by atoms with Gasteiger partial charge in [0.05, 0.1) is 23.1 Å². The van der Waals surface area contributed by atoms with E-state index in [1.807, 2.05) is 18.4 Å². The third-order valence-electron chi connectivity index (χ3n) is 2.98. The Morgan fingerprint density at radius 1 is 1.48 bits per heavy atom. The maximum Gasteiger partial charge on any atom is 0.226 e. The first-order valence-electron chi connectivity index (χ1n) is 6.53. The number of nitrogens with two attached hydrogens (primary N) is 1. The molecule has 0 spiro atoms. The number of thiazole rings is 1. The summed E-state index contributed by atoms with van der Waals surface area (Å²) >= 11 is 7.54. The van der Waals surface area contributed by atoms with E-state index in [2.05, 4.69) is 25.3 Å². The summed E-state index contributed by atoms with van der Waals surface area (Å²) in [4.78, 5) is 15.9. The van der Waals surface area contributed by atoms with Gasteiger partial charge < -0.3 is 16.0 Å². The Labute approximate surface area is 130 Å². The van der Waals surface area contributed by atoms with Crippen molar-refractivity contribution in [1.29, 1.82) is 0 Å². The predicted octanol–water partition coefficient (Wildman–Crippen LogP) is 2.57. The number of nitrogens with one attached hydrogen (secondary N) is 2. The van der Waals surface area contributed by atoms with E-state index in [-0.39, 0.29) is 11.3 Å². The first kappa shape index (κ1) is 14.2. The van der Waals surface area contributed by atoms with Crippen molar-refractivity contribution in [3.05, 3.63) is 33.6 Å². The Morgan fingerprint density at radius 3 is 3.05 bits per heavy atom. The van der Waals surface area contributed by atoms with E-state index in [9.17, 15) is 0 Å². The maximum absolute atomic E-state index is 5.98. The highest BCUT2D eigenvalue weighted by molar-refractivity contribution is 7.07. The van der Waals surface area contributed by atoms with Crippen LogP contribution in [0, 0.1) is 0 Å². The minimum atomic E-state index is 0.0768. The summed E-state index contributed by atoms with van der Waals surface area (Å²) in [5, 5.41) is 6.36. The minimum Gasteiger partial charge on any atom is -0.364 e. The van der Waals surface area contributed by atoms with E-state index in [1.54, 1.807) is 16.8 Å². The van der Waals surface area contributed by atoms with Crippen LogP contribution in [0.15, 0.2) is 17.0 Å². The van der Waals surface area contributed by atoms with Gasteiger partial charge in [-0.3, -0.25) is 0 Å². The molecule has 1 unspecified atom stereocenters. The van der Waals surface area contributed by atoms with Crippen LogP contribution in [0.25, 0.3) is 11.0 Å². The van der Waals surface area contributed by atoms with Crippen LogP contribution in [0.2, 0.25) is 5.28 Å². The minimum absolute atomic E-state index is 0.0768. The number of anilines is 1. The van der Waals surface area contributed by atoms with Crippen molar-refractivity contribution in [1.82, 2.24) is 19.9 Å². The van der Waals surface area contributed by atoms with Crippen LogP contribution in [-0.4, -0.2) is 26.0 Å². The molecule has 3 aromatic heterocycles. The van der Waals surface area contributed by atoms with Gasteiger partial charge in [-0.2, -0.15) is 4.98 Å². The molecule has 4 N–H and O–H groups in total. The predicted molar refractivity (Wildman–Crippen MR) is 85.7 cm³/mol. The first-order valence-corrected chi connectivity index (χ1v) is 7.85. The lowest BCUT2D eigenvalue weighted by molar-refractivity contribution is 0.726. The second-order valence-corrected chi connectivity index (χ2v) is 5.97. The van der Waals surface area contributed by atoms with Crippen LogP contribution >= 0.6 is 22.9 Å². The van der Waals surface area contributed by atoms with E-state index >= 15 is 0 Å². The highest BCUT2D eigenvalue weighted by Crippen LogP contribution is 2.24. The Balaban J connectivity index is 1.90. The molecule has 21 heavy (non-hydrogen) atoms. The zero-order valence-corrected chi connectivity index (χ0v) is 13.0. The van der Waals surface area contributed by atoms with Crippen LogP contribution in [0.1, 0.15) is 18.3 Å². The highest BCUT2D eigenvalue weighted by atomic mass is 35.5. The Morgan fingerprint density at radius 2 is 2.33 bits per heavy atom. The van der Waals surface area contributed by atoms with Gasteiger partial charge >= 0.3 is 0 Å². The molecule has 1 atom stereocenters. The van der Waals surface area contributed by atoms with Gasteiger partial charge in [-0.25, -0.2) is 9.97 Å². The number of halogens is 1. The summed E-state index contributed by atoms with van der Waals surface area (Å²) in [5.41, 5.74) is 10.3. The maximum atomic E-state index is 5.98. The van der Waals surface area contributed by atoms with Gasteiger partial charge in [0, 0.05) is 23.5 Å². The van der Waals surface area contributed by atoms with Gasteiger partial charge in [-0.1, -0.05) is 0 Å². The lowest BCUT2D eigenvalue weighted by Gasteiger charge is -2.05. The fourth-order valence-electron chi connectivity index (χ4n) is 2.13. The van der Waals surface area contributed by atoms with Gasteiger partial charge in [0.1, 0.15) is 11.5 Å². The van der Waals surface area contributed by atoms with Gasteiger partial charge in [-0.05, 0) is 24.6 Å². The van der Waals surface area contributed by atoms with Crippen molar-refractivity contribution in [3.63, 3.8) is 0 Å². The van der Waals surface area contributed by atoms with Gasteiger partial charge in [0.2, 0.25) is 5.28 Å². The van der Waals surface area contributed by atoms with E-state index < -0.39 is 0 Å². The number of rotatable bonds is 5. The summed E-state index contributed by atoms with van der Waals surface area (Å²) in [6.45, 7) is 2.56. The largest absolute Gasteiger partial charge is 0.364 e. The number of H-pyrrole nitrogens is 1. The second kappa shape index (κ2) is 5.97. The molecule has 0 aliphatic rings. The van der Waals surface area contributed by atoms with Crippen LogP contribution in [0.4, 0.5) is 5.82 Å². The normalized spacial score (nSPS) is 12.7. The number of aromatic nitrogens is 4. The zero-order chi connectivity index (χ0) is 14.8. The number of aromatic amines is 1. The van der Waals surface area contributed by atoms with Crippen molar-refractivity contribution in [2.45, 2.75) is 25.9 Å². The summed E-state index contributed by atoms with van der Waals surface area (Å²) in [6, 6.07) is 2.09. The number of fused-ring (bicyclic) bond motifs is 1. The molecule has 0 radical (unpaired) electrons. The smallest absolute Gasteiger partial charge is 0.226 e. The number of nitrogens with zero attached hydrogens (tertiary/aromatic N) is 3. The summed E-state index contributed by atoms with van der Waals surface area (Å²) in [7, 11) is 0. The van der Waals surface area contributed by atoms with E-state index in [1.165, 1.54) is 0 Å². The quantitative estimate of drug-likeness (QED) is 0.628. The topological polar surface area (TPSA) is 92.5 Å². The molecule has 8 heteroatoms. The monoisotopic (exact) mass is 322 g/mol. The Bertz CT molecular complexity index is 737. The summed E-state index contributed by atoms with van der Waals surface area (Å²) in [5.74, 6) is 0.699. The first-order chi connectivity index (χ1) is 10.1. The zero-order valence-electron chi connectivity index (χ0n) is 11.4. The molecule has 6 nitrogen and oxygen atoms in total. The molecule has 0 saturated carbocycles. The molecule has 0 saturated heterocycles. The van der Waals surface area contributed by atoms with Crippen molar-refractivity contribution in [2.24, 2.45) is 5.73 Å². The van der Waals surface area contributed by atoms with Crippen molar-refractivity contribution in [2.75, 3.05) is 5.32 Å². The van der Waals surface area contributed by atoms with E-state index in [0.29, 0.717) is 18.0 Å².